The van der Waals surface area contributed by atoms with Gasteiger partial charge in [0, 0.05) is 19.2 Å². The third-order valence-electron chi connectivity index (χ3n) is 2.17. The predicted molar refractivity (Wildman–Crippen MR) is 68.1 cm³/mol. The molecule has 1 amide bonds. The number of amides is 1. The van der Waals surface area contributed by atoms with E-state index < -0.39 is 5.97 Å². The van der Waals surface area contributed by atoms with Crippen LogP contribution >= 0.6 is 23.2 Å². The minimum atomic E-state index is -0.842. The average molecular weight is 291 g/mol. The van der Waals surface area contributed by atoms with Crippen LogP contribution in [0.15, 0.2) is 12.3 Å². The number of carbonyl (C=O) groups excluding carboxylic acids is 1. The van der Waals surface area contributed by atoms with Crippen LogP contribution in [0.3, 0.4) is 0 Å². The lowest BCUT2D eigenvalue weighted by molar-refractivity contribution is -0.137. The van der Waals surface area contributed by atoms with Gasteiger partial charge in [-0.2, -0.15) is 0 Å². The lowest BCUT2D eigenvalue weighted by Gasteiger charge is -2.06. The van der Waals surface area contributed by atoms with Gasteiger partial charge in [0.05, 0.1) is 10.6 Å². The van der Waals surface area contributed by atoms with Crippen LogP contribution in [0, 0.1) is 0 Å². The second-order valence-electron chi connectivity index (χ2n) is 3.59. The van der Waals surface area contributed by atoms with E-state index in [9.17, 15) is 9.59 Å². The van der Waals surface area contributed by atoms with Gasteiger partial charge in [0.25, 0.3) is 5.91 Å². The third-order valence-corrected chi connectivity index (χ3v) is 2.68. The molecule has 0 saturated heterocycles. The van der Waals surface area contributed by atoms with E-state index in [2.05, 4.69) is 10.3 Å². The summed E-state index contributed by atoms with van der Waals surface area (Å²) >= 11 is 11.5. The zero-order chi connectivity index (χ0) is 13.5. The summed E-state index contributed by atoms with van der Waals surface area (Å²) < 4.78 is 0. The van der Waals surface area contributed by atoms with Gasteiger partial charge in [-0.1, -0.05) is 23.2 Å². The first kappa shape index (κ1) is 14.7. The summed E-state index contributed by atoms with van der Waals surface area (Å²) in [5.74, 6) is -1.19. The largest absolute Gasteiger partial charge is 0.481 e. The molecular formula is C11H12Cl2N2O3. The molecule has 7 heteroatoms. The van der Waals surface area contributed by atoms with Crippen molar-refractivity contribution in [2.45, 2.75) is 19.3 Å². The summed E-state index contributed by atoms with van der Waals surface area (Å²) in [6.45, 7) is 0.391. The summed E-state index contributed by atoms with van der Waals surface area (Å²) in [7, 11) is 0. The molecule has 1 rings (SSSR count). The van der Waals surface area contributed by atoms with Crippen molar-refractivity contribution >= 4 is 35.1 Å². The topological polar surface area (TPSA) is 79.3 Å². The van der Waals surface area contributed by atoms with Crippen molar-refractivity contribution in [2.75, 3.05) is 6.54 Å². The van der Waals surface area contributed by atoms with Gasteiger partial charge < -0.3 is 10.4 Å². The number of nitrogens with zero attached hydrogens (tertiary/aromatic N) is 1. The molecule has 2 N–H and O–H groups in total. The molecule has 0 aromatic carbocycles. The van der Waals surface area contributed by atoms with Crippen LogP contribution in [0.25, 0.3) is 0 Å². The Labute approximate surface area is 114 Å². The van der Waals surface area contributed by atoms with E-state index in [1.165, 1.54) is 12.3 Å². The molecule has 1 heterocycles. The molecular weight excluding hydrogens is 279 g/mol. The Morgan fingerprint density at radius 2 is 2.06 bits per heavy atom. The maximum absolute atomic E-state index is 11.7. The molecule has 0 atom stereocenters. The van der Waals surface area contributed by atoms with Crippen LogP contribution < -0.4 is 5.32 Å². The number of carboxylic acids is 1. The average Bonchev–Trinajstić information content (AvgIpc) is 2.31. The van der Waals surface area contributed by atoms with Crippen molar-refractivity contribution in [3.8, 4) is 0 Å². The molecule has 1 aromatic rings. The molecule has 98 valence electrons. The number of carbonyl (C=O) groups is 2. The maximum atomic E-state index is 11.7. The highest BCUT2D eigenvalue weighted by atomic mass is 35.5. The Kier molecular flexibility index (Phi) is 5.88. The van der Waals surface area contributed by atoms with Crippen LogP contribution in [0.5, 0.6) is 0 Å². The lowest BCUT2D eigenvalue weighted by atomic mass is 10.2. The van der Waals surface area contributed by atoms with Crippen molar-refractivity contribution in [3.05, 3.63) is 28.0 Å². The van der Waals surface area contributed by atoms with Gasteiger partial charge in [0.15, 0.2) is 0 Å². The number of pyridine rings is 1. The highest BCUT2D eigenvalue weighted by Gasteiger charge is 2.11. The summed E-state index contributed by atoms with van der Waals surface area (Å²) in [4.78, 5) is 25.7. The van der Waals surface area contributed by atoms with Crippen LogP contribution in [0.4, 0.5) is 0 Å². The molecule has 5 nitrogen and oxygen atoms in total. The Morgan fingerprint density at radius 1 is 1.33 bits per heavy atom. The molecule has 0 aliphatic carbocycles. The molecule has 0 spiro atoms. The molecule has 0 aliphatic heterocycles. The number of carboxylic acid groups (broad SMARTS) is 1. The Bertz CT molecular complexity index is 452. The highest BCUT2D eigenvalue weighted by Crippen LogP contribution is 2.17. The van der Waals surface area contributed by atoms with E-state index in [1.54, 1.807) is 0 Å². The monoisotopic (exact) mass is 290 g/mol. The van der Waals surface area contributed by atoms with Gasteiger partial charge in [-0.05, 0) is 18.9 Å². The Balaban J connectivity index is 2.41. The smallest absolute Gasteiger partial charge is 0.303 e. The molecule has 0 aliphatic rings. The molecule has 0 radical (unpaired) electrons. The predicted octanol–water partition coefficient (Wildman–Crippen LogP) is 2.37. The van der Waals surface area contributed by atoms with Gasteiger partial charge in [-0.3, -0.25) is 9.59 Å². The van der Waals surface area contributed by atoms with Crippen molar-refractivity contribution in [3.63, 3.8) is 0 Å². The number of aromatic nitrogens is 1. The van der Waals surface area contributed by atoms with Gasteiger partial charge in [-0.25, -0.2) is 4.98 Å². The first-order valence-corrected chi connectivity index (χ1v) is 6.07. The number of rotatable bonds is 6. The standard InChI is InChI=1S/C11H12Cl2N2O3/c12-8-6-15-9(13)5-7(8)11(18)14-4-2-1-3-10(16)17/h5-6H,1-4H2,(H,14,18)(H,16,17). The van der Waals surface area contributed by atoms with Crippen LogP contribution in [0.2, 0.25) is 10.2 Å². The normalized spacial score (nSPS) is 10.1. The molecule has 0 bridgehead atoms. The van der Waals surface area contributed by atoms with Crippen molar-refractivity contribution in [2.24, 2.45) is 0 Å². The van der Waals surface area contributed by atoms with Gasteiger partial charge in [0.2, 0.25) is 0 Å². The summed E-state index contributed by atoms with van der Waals surface area (Å²) in [6, 6.07) is 1.39. The van der Waals surface area contributed by atoms with Gasteiger partial charge >= 0.3 is 5.97 Å². The van der Waals surface area contributed by atoms with Crippen LogP contribution in [0.1, 0.15) is 29.6 Å². The van der Waals surface area contributed by atoms with Gasteiger partial charge in [0.1, 0.15) is 5.15 Å². The molecule has 0 fully saturated rings. The number of nitrogens with one attached hydrogen (secondary N) is 1. The number of aliphatic carboxylic acids is 1. The summed E-state index contributed by atoms with van der Waals surface area (Å²) in [6.07, 6.45) is 2.51. The number of hydrogen-bond acceptors (Lipinski definition) is 3. The van der Waals surface area contributed by atoms with E-state index in [0.29, 0.717) is 19.4 Å². The fraction of sp³-hybridized carbons (Fsp3) is 0.364. The number of hydrogen-bond donors (Lipinski definition) is 2. The quantitative estimate of drug-likeness (QED) is 0.623. The highest BCUT2D eigenvalue weighted by molar-refractivity contribution is 6.35. The zero-order valence-electron chi connectivity index (χ0n) is 9.45. The first-order chi connectivity index (χ1) is 8.50. The van der Waals surface area contributed by atoms with E-state index in [0.717, 1.165) is 0 Å². The van der Waals surface area contributed by atoms with Crippen molar-refractivity contribution in [1.82, 2.24) is 10.3 Å². The minimum Gasteiger partial charge on any atom is -0.481 e. The number of halogens is 2. The molecule has 1 aromatic heterocycles. The van der Waals surface area contributed by atoms with E-state index in [-0.39, 0.29) is 28.1 Å². The third kappa shape index (κ3) is 4.89. The molecule has 0 unspecified atom stereocenters. The van der Waals surface area contributed by atoms with E-state index in [4.69, 9.17) is 28.3 Å². The fourth-order valence-corrected chi connectivity index (χ4v) is 1.63. The first-order valence-electron chi connectivity index (χ1n) is 5.31. The minimum absolute atomic E-state index is 0.0950. The SMILES string of the molecule is O=C(O)CCCCNC(=O)c1cc(Cl)ncc1Cl. The fourth-order valence-electron chi connectivity index (χ4n) is 1.29. The summed E-state index contributed by atoms with van der Waals surface area (Å²) in [5.41, 5.74) is 0.259. The Morgan fingerprint density at radius 3 is 2.72 bits per heavy atom. The zero-order valence-corrected chi connectivity index (χ0v) is 11.0. The Hall–Kier alpha value is -1.33. The van der Waals surface area contributed by atoms with E-state index >= 15 is 0 Å². The van der Waals surface area contributed by atoms with Crippen LogP contribution in [-0.4, -0.2) is 28.5 Å². The van der Waals surface area contributed by atoms with Gasteiger partial charge in [-0.15, -0.1) is 0 Å². The molecule has 18 heavy (non-hydrogen) atoms. The van der Waals surface area contributed by atoms with Crippen molar-refractivity contribution in [1.29, 1.82) is 0 Å². The molecule has 0 saturated carbocycles. The van der Waals surface area contributed by atoms with Crippen LogP contribution in [-0.2, 0) is 4.79 Å². The number of unbranched alkanes of at least 4 members (excludes halogenated alkanes) is 1. The van der Waals surface area contributed by atoms with E-state index in [1.807, 2.05) is 0 Å². The second kappa shape index (κ2) is 7.18. The summed E-state index contributed by atoms with van der Waals surface area (Å²) in [5, 5.41) is 11.5. The second-order valence-corrected chi connectivity index (χ2v) is 4.39. The maximum Gasteiger partial charge on any atom is 0.303 e. The lowest BCUT2D eigenvalue weighted by Crippen LogP contribution is -2.25. The van der Waals surface area contributed by atoms with Crippen molar-refractivity contribution < 1.29 is 14.7 Å².